The fraction of sp³-hybridized carbons (Fsp3) is 0.600. The minimum Gasteiger partial charge on any atom is -0.349 e. The topological polar surface area (TPSA) is 106 Å². The number of nitrogens with two attached hydrogens (primary N) is 1. The number of piperidine rings is 1. The highest BCUT2D eigenvalue weighted by Gasteiger charge is 2.39. The van der Waals surface area contributed by atoms with Crippen molar-refractivity contribution in [3.63, 3.8) is 0 Å². The van der Waals surface area contributed by atoms with Gasteiger partial charge in [-0.1, -0.05) is 13.8 Å². The van der Waals surface area contributed by atoms with Crippen molar-refractivity contribution in [2.24, 2.45) is 17.6 Å². The van der Waals surface area contributed by atoms with E-state index in [1.165, 1.54) is 34.1 Å². The van der Waals surface area contributed by atoms with E-state index >= 15 is 0 Å². The Kier molecular flexibility index (Phi) is 7.05. The van der Waals surface area contributed by atoms with Gasteiger partial charge in [-0.15, -0.1) is 0 Å². The number of anilines is 2. The summed E-state index contributed by atoms with van der Waals surface area (Å²) in [7, 11) is 0. The summed E-state index contributed by atoms with van der Waals surface area (Å²) in [5.74, 6) is -2.26. The van der Waals surface area contributed by atoms with Crippen molar-refractivity contribution >= 4 is 23.1 Å². The van der Waals surface area contributed by atoms with E-state index in [1.807, 2.05) is 0 Å². The summed E-state index contributed by atoms with van der Waals surface area (Å²) in [6, 6.07) is 0.778. The number of rotatable bonds is 6. The number of halogens is 4. The molecule has 0 aromatic carbocycles. The molecule has 1 atom stereocenters. The molecule has 1 aliphatic heterocycles. The van der Waals surface area contributed by atoms with Crippen LogP contribution in [0, 0.1) is 11.8 Å². The number of hydrogen-bond acceptors (Lipinski definition) is 6. The number of alkyl halides is 4. The molecule has 208 valence electrons. The fourth-order valence-corrected chi connectivity index (χ4v) is 5.58. The van der Waals surface area contributed by atoms with Crippen molar-refractivity contribution in [3.05, 3.63) is 35.9 Å². The first kappa shape index (κ1) is 26.4. The first-order chi connectivity index (χ1) is 18.0. The van der Waals surface area contributed by atoms with E-state index in [4.69, 9.17) is 5.73 Å². The van der Waals surface area contributed by atoms with Gasteiger partial charge in [-0.2, -0.15) is 10.2 Å². The molecule has 38 heavy (non-hydrogen) atoms. The Labute approximate surface area is 218 Å². The van der Waals surface area contributed by atoms with Crippen LogP contribution in [0.15, 0.2) is 24.7 Å². The monoisotopic (exact) mass is 538 g/mol. The van der Waals surface area contributed by atoms with Gasteiger partial charge < -0.3 is 16.0 Å². The van der Waals surface area contributed by atoms with Crippen LogP contribution >= 0.6 is 0 Å². The quantitative estimate of drug-likeness (QED) is 0.432. The minimum atomic E-state index is -2.97. The van der Waals surface area contributed by atoms with Crippen LogP contribution in [0.2, 0.25) is 0 Å². The van der Waals surface area contributed by atoms with Crippen molar-refractivity contribution < 1.29 is 23.8 Å². The summed E-state index contributed by atoms with van der Waals surface area (Å²) >= 11 is 0. The zero-order valence-corrected chi connectivity index (χ0v) is 21.3. The lowest BCUT2D eigenvalue weighted by Crippen LogP contribution is -2.52. The molecule has 3 aromatic rings. The fourth-order valence-electron chi connectivity index (χ4n) is 5.58. The maximum atomic E-state index is 14.1. The molecule has 2 aliphatic rings. The molecule has 0 unspecified atom stereocenters. The first-order valence-corrected chi connectivity index (χ1v) is 12.9. The van der Waals surface area contributed by atoms with E-state index in [1.54, 1.807) is 4.68 Å². The van der Waals surface area contributed by atoms with Crippen molar-refractivity contribution in [3.8, 4) is 0 Å². The molecule has 1 amide bonds. The minimum absolute atomic E-state index is 0. The standard InChI is InChI=1S/C25H32F4N8O.H2/c1-14(2)15-3-5-17(6-4-15)37-12-19(21(34-37)22(26)27)32-24(38)18-10-31-36-8-7-20(33-23(18)36)35-11-16(30)9-25(28,29)13-35;/h7-8,10,12,14-17,22H,3-6,9,11,13,30H2,1-2H3,(H,32,38);1H/t15?,16-,17?;/m1./s1. The highest BCUT2D eigenvalue weighted by Crippen LogP contribution is 2.37. The Hall–Kier alpha value is -3.22. The van der Waals surface area contributed by atoms with Crippen LogP contribution in [0.5, 0.6) is 0 Å². The zero-order valence-electron chi connectivity index (χ0n) is 21.3. The molecule has 5 rings (SSSR count). The van der Waals surface area contributed by atoms with Gasteiger partial charge in [-0.25, -0.2) is 27.1 Å². The molecule has 1 saturated heterocycles. The largest absolute Gasteiger partial charge is 0.349 e. The van der Waals surface area contributed by atoms with Crippen molar-refractivity contribution in [2.45, 2.75) is 70.4 Å². The van der Waals surface area contributed by atoms with E-state index in [9.17, 15) is 22.4 Å². The summed E-state index contributed by atoms with van der Waals surface area (Å²) in [5, 5.41) is 10.8. The van der Waals surface area contributed by atoms with Crippen LogP contribution in [-0.4, -0.2) is 55.3 Å². The predicted octanol–water partition coefficient (Wildman–Crippen LogP) is 4.92. The first-order valence-electron chi connectivity index (χ1n) is 12.9. The van der Waals surface area contributed by atoms with Crippen molar-refractivity contribution in [1.29, 1.82) is 0 Å². The third-order valence-corrected chi connectivity index (χ3v) is 7.63. The maximum Gasteiger partial charge on any atom is 0.284 e. The molecule has 1 aliphatic carbocycles. The molecular formula is C25H34F4N8O. The van der Waals surface area contributed by atoms with Crippen LogP contribution in [0.1, 0.15) is 75.9 Å². The smallest absolute Gasteiger partial charge is 0.284 e. The molecule has 2 fully saturated rings. The molecule has 0 spiro atoms. The Morgan fingerprint density at radius 1 is 1.24 bits per heavy atom. The van der Waals surface area contributed by atoms with Gasteiger partial charge in [0.15, 0.2) is 11.3 Å². The molecular weight excluding hydrogens is 504 g/mol. The molecule has 0 radical (unpaired) electrons. The van der Waals surface area contributed by atoms with E-state index in [2.05, 4.69) is 34.3 Å². The normalized spacial score (nSPS) is 23.9. The van der Waals surface area contributed by atoms with Crippen LogP contribution in [0.25, 0.3) is 5.65 Å². The van der Waals surface area contributed by atoms with Gasteiger partial charge >= 0.3 is 0 Å². The number of nitrogens with one attached hydrogen (secondary N) is 1. The number of nitrogens with zero attached hydrogens (tertiary/aromatic N) is 6. The molecule has 1 saturated carbocycles. The SMILES string of the molecule is CC(C)C1CCC(n2cc(NC(=O)c3cnn4ccc(N5C[C@H](N)CC(F)(F)C5)nc34)c(C(F)F)n2)CC1.[HH]. The Morgan fingerprint density at radius 3 is 2.63 bits per heavy atom. The maximum absolute atomic E-state index is 14.1. The lowest BCUT2D eigenvalue weighted by Gasteiger charge is -2.36. The summed E-state index contributed by atoms with van der Waals surface area (Å²) in [6.07, 6.45) is 4.60. The van der Waals surface area contributed by atoms with Crippen molar-refractivity contribution in [2.75, 3.05) is 23.3 Å². The number of amides is 1. The summed E-state index contributed by atoms with van der Waals surface area (Å²) < 4.78 is 58.7. The number of hydrogen-bond donors (Lipinski definition) is 2. The third-order valence-electron chi connectivity index (χ3n) is 7.63. The zero-order chi connectivity index (χ0) is 27.2. The van der Waals surface area contributed by atoms with Crippen molar-refractivity contribution in [1.82, 2.24) is 24.4 Å². The van der Waals surface area contributed by atoms with Crippen LogP contribution in [-0.2, 0) is 0 Å². The van der Waals surface area contributed by atoms with Gasteiger partial charge in [0, 0.05) is 32.8 Å². The van der Waals surface area contributed by atoms with Crippen LogP contribution in [0.4, 0.5) is 29.1 Å². The number of aromatic nitrogens is 5. The number of fused-ring (bicyclic) bond motifs is 1. The molecule has 4 heterocycles. The summed E-state index contributed by atoms with van der Waals surface area (Å²) in [4.78, 5) is 18.9. The average Bonchev–Trinajstić information content (AvgIpc) is 3.47. The lowest BCUT2D eigenvalue weighted by atomic mass is 9.80. The highest BCUT2D eigenvalue weighted by atomic mass is 19.3. The van der Waals surface area contributed by atoms with Gasteiger partial charge in [0.1, 0.15) is 11.4 Å². The summed E-state index contributed by atoms with van der Waals surface area (Å²) in [5.41, 5.74) is 5.36. The van der Waals surface area contributed by atoms with Gasteiger partial charge in [-0.3, -0.25) is 9.48 Å². The van der Waals surface area contributed by atoms with E-state index in [-0.39, 0.29) is 36.7 Å². The van der Waals surface area contributed by atoms with Gasteiger partial charge in [-0.05, 0) is 43.6 Å². The number of carbonyl (C=O) groups is 1. The highest BCUT2D eigenvalue weighted by molar-refractivity contribution is 6.08. The molecule has 3 aromatic heterocycles. The van der Waals surface area contributed by atoms with Crippen LogP contribution in [0.3, 0.4) is 0 Å². The van der Waals surface area contributed by atoms with Crippen LogP contribution < -0.4 is 16.0 Å². The second-order valence-corrected chi connectivity index (χ2v) is 10.8. The van der Waals surface area contributed by atoms with Gasteiger partial charge in [0.05, 0.1) is 24.5 Å². The van der Waals surface area contributed by atoms with E-state index < -0.39 is 43.0 Å². The molecule has 13 heteroatoms. The second kappa shape index (κ2) is 10.2. The predicted molar refractivity (Wildman–Crippen MR) is 136 cm³/mol. The van der Waals surface area contributed by atoms with Gasteiger partial charge in [0.2, 0.25) is 0 Å². The molecule has 3 N–H and O–H groups in total. The lowest BCUT2D eigenvalue weighted by molar-refractivity contribution is -0.0174. The second-order valence-electron chi connectivity index (χ2n) is 10.8. The Bertz CT molecular complexity index is 1300. The van der Waals surface area contributed by atoms with E-state index in [0.29, 0.717) is 11.8 Å². The average molecular weight is 539 g/mol. The van der Waals surface area contributed by atoms with E-state index in [0.717, 1.165) is 25.7 Å². The molecule has 9 nitrogen and oxygen atoms in total. The molecule has 0 bridgehead atoms. The Balaban J connectivity index is 0.00000353. The Morgan fingerprint density at radius 2 is 1.97 bits per heavy atom. The summed E-state index contributed by atoms with van der Waals surface area (Å²) in [6.45, 7) is 4.02. The number of carbonyl (C=O) groups excluding carboxylic acids is 1. The third kappa shape index (κ3) is 5.33. The van der Waals surface area contributed by atoms with Gasteiger partial charge in [0.25, 0.3) is 18.3 Å².